The van der Waals surface area contributed by atoms with Gasteiger partial charge < -0.3 is 9.15 Å². The van der Waals surface area contributed by atoms with E-state index in [9.17, 15) is 13.6 Å². The summed E-state index contributed by atoms with van der Waals surface area (Å²) < 4.78 is 35.0. The summed E-state index contributed by atoms with van der Waals surface area (Å²) in [6.07, 6.45) is -1.89. The van der Waals surface area contributed by atoms with Gasteiger partial charge in [-0.15, -0.1) is 11.3 Å². The van der Waals surface area contributed by atoms with Gasteiger partial charge >= 0.3 is 5.97 Å². The summed E-state index contributed by atoms with van der Waals surface area (Å²) in [4.78, 5) is 15.5. The number of carbonyl (C=O) groups excluding carboxylic acids is 1. The van der Waals surface area contributed by atoms with Crippen LogP contribution >= 0.6 is 27.3 Å². The summed E-state index contributed by atoms with van der Waals surface area (Å²) in [5.41, 5.74) is -0.0750. The van der Waals surface area contributed by atoms with Crippen molar-refractivity contribution in [2.45, 2.75) is 13.0 Å². The summed E-state index contributed by atoms with van der Waals surface area (Å²) in [7, 11) is 0. The lowest BCUT2D eigenvalue weighted by Crippen LogP contribution is -2.05. The summed E-state index contributed by atoms with van der Waals surface area (Å²) in [5, 5.41) is 1.72. The second-order valence-electron chi connectivity index (χ2n) is 3.17. The third-order valence-corrected chi connectivity index (χ3v) is 3.65. The maximum atomic E-state index is 12.4. The Labute approximate surface area is 113 Å². The zero-order chi connectivity index (χ0) is 13.1. The third-order valence-electron chi connectivity index (χ3n) is 1.98. The molecule has 2 aromatic heterocycles. The van der Waals surface area contributed by atoms with Crippen molar-refractivity contribution in [2.24, 2.45) is 0 Å². The predicted octanol–water partition coefficient (Wildman–Crippen LogP) is 3.79. The minimum atomic E-state index is -2.78. The lowest BCUT2D eigenvalue weighted by Gasteiger charge is -2.02. The van der Waals surface area contributed by atoms with E-state index in [0.717, 1.165) is 10.9 Å². The molecule has 2 aromatic rings. The van der Waals surface area contributed by atoms with Crippen LogP contribution in [0.1, 0.15) is 27.6 Å². The standard InChI is InChI=1S/C10H6BrF2NO3S/c11-5-1-7(18-3-5)10(15)16-2-6-8(9(12)13)17-4-14-6/h1,3-4,9H,2H2. The molecule has 2 rings (SSSR count). The van der Waals surface area contributed by atoms with Gasteiger partial charge in [0.15, 0.2) is 12.2 Å². The van der Waals surface area contributed by atoms with E-state index in [1.807, 2.05) is 0 Å². The van der Waals surface area contributed by atoms with Gasteiger partial charge in [-0.25, -0.2) is 18.6 Å². The molecule has 0 aliphatic rings. The summed E-state index contributed by atoms with van der Waals surface area (Å²) in [6, 6.07) is 1.59. The number of carbonyl (C=O) groups is 1. The molecule has 0 fully saturated rings. The van der Waals surface area contributed by atoms with Crippen molar-refractivity contribution in [1.29, 1.82) is 0 Å². The quantitative estimate of drug-likeness (QED) is 0.796. The van der Waals surface area contributed by atoms with Crippen molar-refractivity contribution in [2.75, 3.05) is 0 Å². The molecule has 0 aromatic carbocycles. The first-order valence-corrected chi connectivity index (χ1v) is 6.36. The molecule has 0 aliphatic heterocycles. The molecule has 2 heterocycles. The van der Waals surface area contributed by atoms with E-state index < -0.39 is 18.2 Å². The number of alkyl halides is 2. The van der Waals surface area contributed by atoms with Crippen LogP contribution < -0.4 is 0 Å². The van der Waals surface area contributed by atoms with E-state index in [1.165, 1.54) is 11.3 Å². The molecule has 18 heavy (non-hydrogen) atoms. The monoisotopic (exact) mass is 337 g/mol. The Bertz CT molecular complexity index is 555. The minimum Gasteiger partial charge on any atom is -0.455 e. The van der Waals surface area contributed by atoms with E-state index in [1.54, 1.807) is 11.4 Å². The molecular formula is C10H6BrF2NO3S. The number of oxazole rings is 1. The molecule has 0 saturated carbocycles. The first-order chi connectivity index (χ1) is 8.58. The molecule has 0 saturated heterocycles. The van der Waals surface area contributed by atoms with Gasteiger partial charge in [-0.3, -0.25) is 0 Å². The van der Waals surface area contributed by atoms with Gasteiger partial charge in [0.1, 0.15) is 17.2 Å². The number of aromatic nitrogens is 1. The number of nitrogens with zero attached hydrogens (tertiary/aromatic N) is 1. The van der Waals surface area contributed by atoms with Crippen LogP contribution in [-0.4, -0.2) is 11.0 Å². The molecule has 0 amide bonds. The van der Waals surface area contributed by atoms with Gasteiger partial charge in [0.25, 0.3) is 6.43 Å². The number of halogens is 3. The topological polar surface area (TPSA) is 52.3 Å². The molecule has 0 radical (unpaired) electrons. The zero-order valence-corrected chi connectivity index (χ0v) is 11.1. The van der Waals surface area contributed by atoms with Gasteiger partial charge in [0.05, 0.1) is 0 Å². The van der Waals surface area contributed by atoms with Crippen LogP contribution in [0.5, 0.6) is 0 Å². The number of hydrogen-bond acceptors (Lipinski definition) is 5. The van der Waals surface area contributed by atoms with Crippen LogP contribution in [0, 0.1) is 0 Å². The first-order valence-electron chi connectivity index (χ1n) is 4.69. The Kier molecular flexibility index (Phi) is 4.07. The van der Waals surface area contributed by atoms with E-state index >= 15 is 0 Å². The number of hydrogen-bond donors (Lipinski definition) is 0. The van der Waals surface area contributed by atoms with E-state index in [2.05, 4.69) is 25.3 Å². The molecule has 8 heteroatoms. The zero-order valence-electron chi connectivity index (χ0n) is 8.73. The molecule has 0 bridgehead atoms. The van der Waals surface area contributed by atoms with Gasteiger partial charge in [-0.05, 0) is 22.0 Å². The van der Waals surface area contributed by atoms with Gasteiger partial charge in [0.2, 0.25) is 0 Å². The summed E-state index contributed by atoms with van der Waals surface area (Å²) >= 11 is 4.39. The molecule has 0 unspecified atom stereocenters. The smallest absolute Gasteiger partial charge is 0.348 e. The van der Waals surface area contributed by atoms with E-state index in [-0.39, 0.29) is 12.3 Å². The molecular weight excluding hydrogens is 332 g/mol. The van der Waals surface area contributed by atoms with Crippen LogP contribution in [0.4, 0.5) is 8.78 Å². The minimum absolute atomic E-state index is 0.0750. The summed E-state index contributed by atoms with van der Waals surface area (Å²) in [5.74, 6) is -1.16. The number of ether oxygens (including phenoxy) is 1. The summed E-state index contributed by atoms with van der Waals surface area (Å²) in [6.45, 7) is -0.343. The molecule has 0 aliphatic carbocycles. The maximum absolute atomic E-state index is 12.4. The van der Waals surface area contributed by atoms with Crippen LogP contribution in [0.25, 0.3) is 0 Å². The Balaban J connectivity index is 1.99. The SMILES string of the molecule is O=C(OCc1ncoc1C(F)F)c1cc(Br)cs1. The predicted molar refractivity (Wildman–Crippen MR) is 62.6 cm³/mol. The average Bonchev–Trinajstić information content (AvgIpc) is 2.94. The largest absolute Gasteiger partial charge is 0.455 e. The van der Waals surface area contributed by atoms with Crippen LogP contribution in [0.2, 0.25) is 0 Å². The lowest BCUT2D eigenvalue weighted by atomic mass is 10.3. The fourth-order valence-electron chi connectivity index (χ4n) is 1.19. The second-order valence-corrected chi connectivity index (χ2v) is 5.00. The van der Waals surface area contributed by atoms with Crippen molar-refractivity contribution in [1.82, 2.24) is 4.98 Å². The molecule has 0 N–H and O–H groups in total. The highest BCUT2D eigenvalue weighted by atomic mass is 79.9. The van der Waals surface area contributed by atoms with E-state index in [0.29, 0.717) is 4.88 Å². The van der Waals surface area contributed by atoms with E-state index in [4.69, 9.17) is 4.74 Å². The van der Waals surface area contributed by atoms with Crippen molar-refractivity contribution in [3.8, 4) is 0 Å². The van der Waals surface area contributed by atoms with Crippen molar-refractivity contribution >= 4 is 33.2 Å². The number of esters is 1. The third kappa shape index (κ3) is 2.94. The Morgan fingerprint density at radius 3 is 3.00 bits per heavy atom. The Morgan fingerprint density at radius 1 is 1.61 bits per heavy atom. The van der Waals surface area contributed by atoms with Crippen LogP contribution in [0.3, 0.4) is 0 Å². The fraction of sp³-hybridized carbons (Fsp3) is 0.200. The Hall–Kier alpha value is -1.28. The fourth-order valence-corrected chi connectivity index (χ4v) is 2.51. The number of thiophene rings is 1. The second kappa shape index (κ2) is 5.57. The molecule has 96 valence electrons. The van der Waals surface area contributed by atoms with Gasteiger partial charge in [-0.2, -0.15) is 0 Å². The maximum Gasteiger partial charge on any atom is 0.348 e. The highest BCUT2D eigenvalue weighted by molar-refractivity contribution is 9.10. The van der Waals surface area contributed by atoms with Crippen LogP contribution in [0.15, 0.2) is 26.7 Å². The van der Waals surface area contributed by atoms with Crippen LogP contribution in [-0.2, 0) is 11.3 Å². The van der Waals surface area contributed by atoms with Crippen molar-refractivity contribution in [3.63, 3.8) is 0 Å². The molecule has 0 atom stereocenters. The van der Waals surface area contributed by atoms with Gasteiger partial charge in [0, 0.05) is 9.85 Å². The van der Waals surface area contributed by atoms with Crippen molar-refractivity contribution in [3.05, 3.63) is 38.6 Å². The Morgan fingerprint density at radius 2 is 2.39 bits per heavy atom. The highest BCUT2D eigenvalue weighted by Gasteiger charge is 2.20. The lowest BCUT2D eigenvalue weighted by molar-refractivity contribution is 0.0460. The molecule has 4 nitrogen and oxygen atoms in total. The normalized spacial score (nSPS) is 10.9. The highest BCUT2D eigenvalue weighted by Crippen LogP contribution is 2.24. The van der Waals surface area contributed by atoms with Gasteiger partial charge in [-0.1, -0.05) is 0 Å². The average molecular weight is 338 g/mol. The molecule has 0 spiro atoms. The van der Waals surface area contributed by atoms with Crippen molar-refractivity contribution < 1.29 is 22.7 Å². The number of rotatable bonds is 4. The first kappa shape index (κ1) is 13.2.